The quantitative estimate of drug-likeness (QED) is 0.596. The summed E-state index contributed by atoms with van der Waals surface area (Å²) in [4.78, 5) is 9.96. The van der Waals surface area contributed by atoms with Crippen LogP contribution in [0.3, 0.4) is 0 Å². The number of hydrogen-bond acceptors (Lipinski definition) is 5. The second kappa shape index (κ2) is 4.80. The summed E-state index contributed by atoms with van der Waals surface area (Å²) in [5, 5.41) is 29.3. The summed E-state index contributed by atoms with van der Waals surface area (Å²) >= 11 is 0. The van der Waals surface area contributed by atoms with Crippen molar-refractivity contribution in [3.05, 3.63) is 27.8 Å². The predicted octanol–water partition coefficient (Wildman–Crippen LogP) is 1.23. The molecule has 0 heterocycles. The summed E-state index contributed by atoms with van der Waals surface area (Å²) in [6.45, 7) is 1.57. The largest absolute Gasteiger partial charge is 0.500 e. The smallest absolute Gasteiger partial charge is 0.314 e. The van der Waals surface area contributed by atoms with Crippen molar-refractivity contribution in [3.8, 4) is 11.5 Å². The van der Waals surface area contributed by atoms with E-state index in [4.69, 9.17) is 4.74 Å². The number of hydrogen-bond donors (Lipinski definition) is 2. The Morgan fingerprint density at radius 3 is 2.62 bits per heavy atom. The summed E-state index contributed by atoms with van der Waals surface area (Å²) in [7, 11) is 1.31. The lowest BCUT2D eigenvalue weighted by Crippen LogP contribution is -2.05. The Labute approximate surface area is 92.2 Å². The molecule has 2 N–H and O–H groups in total. The summed E-state index contributed by atoms with van der Waals surface area (Å²) in [5.41, 5.74) is 0.117. The third kappa shape index (κ3) is 2.60. The lowest BCUT2D eigenvalue weighted by atomic mass is 10.1. The lowest BCUT2D eigenvalue weighted by molar-refractivity contribution is -0.386. The van der Waals surface area contributed by atoms with Crippen molar-refractivity contribution in [2.75, 3.05) is 7.11 Å². The van der Waals surface area contributed by atoms with Crippen molar-refractivity contribution in [1.82, 2.24) is 0 Å². The van der Waals surface area contributed by atoms with Crippen LogP contribution in [-0.4, -0.2) is 28.4 Å². The topological polar surface area (TPSA) is 92.8 Å². The molecule has 0 aliphatic rings. The highest BCUT2D eigenvalue weighted by Crippen LogP contribution is 2.37. The molecule has 0 amide bonds. The molecule has 1 rings (SSSR count). The third-order valence-electron chi connectivity index (χ3n) is 2.06. The molecule has 6 nitrogen and oxygen atoms in total. The Balaban J connectivity index is 3.23. The molecule has 0 fully saturated rings. The van der Waals surface area contributed by atoms with Crippen LogP contribution in [0.1, 0.15) is 12.5 Å². The molecular formula is C10H13NO5. The summed E-state index contributed by atoms with van der Waals surface area (Å²) in [6, 6.07) is 2.69. The van der Waals surface area contributed by atoms with E-state index < -0.39 is 22.5 Å². The number of phenolic OH excluding ortho intramolecular Hbond substituents is 1. The van der Waals surface area contributed by atoms with E-state index in [2.05, 4.69) is 0 Å². The highest BCUT2D eigenvalue weighted by atomic mass is 16.6. The average molecular weight is 227 g/mol. The van der Waals surface area contributed by atoms with Crippen LogP contribution in [0.15, 0.2) is 12.1 Å². The molecule has 1 unspecified atom stereocenters. The number of aliphatic hydroxyl groups excluding tert-OH is 1. The van der Waals surface area contributed by atoms with Crippen LogP contribution in [0.25, 0.3) is 0 Å². The molecular weight excluding hydrogens is 214 g/mol. The first-order valence-electron chi connectivity index (χ1n) is 4.68. The van der Waals surface area contributed by atoms with Gasteiger partial charge in [0.1, 0.15) is 0 Å². The Bertz CT molecular complexity index is 402. The minimum atomic E-state index is -0.691. The van der Waals surface area contributed by atoms with Gasteiger partial charge >= 0.3 is 5.69 Å². The number of nitro groups is 1. The first kappa shape index (κ1) is 12.3. The van der Waals surface area contributed by atoms with E-state index in [9.17, 15) is 20.3 Å². The molecule has 16 heavy (non-hydrogen) atoms. The fourth-order valence-corrected chi connectivity index (χ4v) is 1.40. The lowest BCUT2D eigenvalue weighted by Gasteiger charge is -2.08. The van der Waals surface area contributed by atoms with E-state index in [-0.39, 0.29) is 12.2 Å². The number of benzene rings is 1. The Morgan fingerprint density at radius 1 is 1.56 bits per heavy atom. The fourth-order valence-electron chi connectivity index (χ4n) is 1.40. The molecule has 0 aromatic heterocycles. The maximum absolute atomic E-state index is 10.7. The molecule has 1 aromatic carbocycles. The van der Waals surface area contributed by atoms with Gasteiger partial charge in [-0.1, -0.05) is 0 Å². The van der Waals surface area contributed by atoms with Gasteiger partial charge in [0.15, 0.2) is 5.75 Å². The van der Waals surface area contributed by atoms with Crippen LogP contribution >= 0.6 is 0 Å². The van der Waals surface area contributed by atoms with Gasteiger partial charge in [0.05, 0.1) is 18.1 Å². The SMILES string of the molecule is COc1cc(CC(C)O)cc([N+](=O)[O-])c1O. The predicted molar refractivity (Wildman–Crippen MR) is 56.7 cm³/mol. The number of aliphatic hydroxyl groups is 1. The zero-order valence-corrected chi connectivity index (χ0v) is 9.01. The number of nitro benzene ring substituents is 1. The molecule has 0 saturated heterocycles. The number of aromatic hydroxyl groups is 1. The molecule has 88 valence electrons. The molecule has 0 aliphatic carbocycles. The van der Waals surface area contributed by atoms with Crippen LogP contribution in [0, 0.1) is 10.1 Å². The van der Waals surface area contributed by atoms with E-state index in [0.29, 0.717) is 5.56 Å². The molecule has 1 aromatic rings. The monoisotopic (exact) mass is 227 g/mol. The van der Waals surface area contributed by atoms with Crippen LogP contribution in [-0.2, 0) is 6.42 Å². The van der Waals surface area contributed by atoms with Gasteiger partial charge in [-0.2, -0.15) is 0 Å². The maximum atomic E-state index is 10.7. The van der Waals surface area contributed by atoms with Crippen molar-refractivity contribution in [1.29, 1.82) is 0 Å². The van der Waals surface area contributed by atoms with E-state index in [0.717, 1.165) is 0 Å². The second-order valence-electron chi connectivity index (χ2n) is 3.48. The Hall–Kier alpha value is -1.82. The van der Waals surface area contributed by atoms with Crippen LogP contribution in [0.5, 0.6) is 11.5 Å². The standard InChI is InChI=1S/C10H13NO5/c1-6(12)3-7-4-8(11(14)15)10(13)9(5-7)16-2/h4-6,12-13H,3H2,1-2H3. The van der Waals surface area contributed by atoms with Crippen molar-refractivity contribution in [2.45, 2.75) is 19.4 Å². The van der Waals surface area contributed by atoms with Gasteiger partial charge in [0.25, 0.3) is 0 Å². The van der Waals surface area contributed by atoms with Crippen molar-refractivity contribution in [3.63, 3.8) is 0 Å². The van der Waals surface area contributed by atoms with Gasteiger partial charge in [-0.25, -0.2) is 0 Å². The molecule has 0 spiro atoms. The van der Waals surface area contributed by atoms with E-state index in [1.165, 1.54) is 19.2 Å². The number of phenols is 1. The Morgan fingerprint density at radius 2 is 2.19 bits per heavy atom. The van der Waals surface area contributed by atoms with Crippen molar-refractivity contribution in [2.24, 2.45) is 0 Å². The molecule has 1 atom stereocenters. The van der Waals surface area contributed by atoms with E-state index in [1.807, 2.05) is 0 Å². The van der Waals surface area contributed by atoms with Gasteiger partial charge in [0.2, 0.25) is 5.75 Å². The van der Waals surface area contributed by atoms with Crippen LogP contribution in [0.2, 0.25) is 0 Å². The molecule has 0 radical (unpaired) electrons. The van der Waals surface area contributed by atoms with Crippen LogP contribution in [0.4, 0.5) is 5.69 Å². The van der Waals surface area contributed by atoms with Crippen LogP contribution < -0.4 is 4.74 Å². The zero-order valence-electron chi connectivity index (χ0n) is 9.01. The second-order valence-corrected chi connectivity index (χ2v) is 3.48. The van der Waals surface area contributed by atoms with E-state index in [1.54, 1.807) is 6.92 Å². The van der Waals surface area contributed by atoms with Gasteiger partial charge in [0, 0.05) is 6.07 Å². The number of ether oxygens (including phenoxy) is 1. The minimum Gasteiger partial charge on any atom is -0.500 e. The van der Waals surface area contributed by atoms with Gasteiger partial charge < -0.3 is 14.9 Å². The summed E-state index contributed by atoms with van der Waals surface area (Å²) < 4.78 is 4.82. The van der Waals surface area contributed by atoms with Gasteiger partial charge in [-0.3, -0.25) is 10.1 Å². The van der Waals surface area contributed by atoms with Gasteiger partial charge in [-0.05, 0) is 25.0 Å². The fraction of sp³-hybridized carbons (Fsp3) is 0.400. The zero-order chi connectivity index (χ0) is 12.3. The number of nitrogens with zero attached hydrogens (tertiary/aromatic N) is 1. The molecule has 0 saturated carbocycles. The number of methoxy groups -OCH3 is 1. The first-order chi connectivity index (χ1) is 7.45. The third-order valence-corrected chi connectivity index (χ3v) is 2.06. The highest BCUT2D eigenvalue weighted by molar-refractivity contribution is 5.57. The average Bonchev–Trinajstić information content (AvgIpc) is 2.19. The minimum absolute atomic E-state index is 0.0323. The molecule has 0 bridgehead atoms. The first-order valence-corrected chi connectivity index (χ1v) is 4.68. The maximum Gasteiger partial charge on any atom is 0.314 e. The number of rotatable bonds is 4. The summed E-state index contributed by atoms with van der Waals surface area (Å²) in [6.07, 6.45) is -0.355. The summed E-state index contributed by atoms with van der Waals surface area (Å²) in [5.74, 6) is -0.466. The molecule has 6 heteroatoms. The van der Waals surface area contributed by atoms with Gasteiger partial charge in [-0.15, -0.1) is 0 Å². The van der Waals surface area contributed by atoms with Crippen molar-refractivity contribution >= 4 is 5.69 Å². The van der Waals surface area contributed by atoms with Crippen molar-refractivity contribution < 1.29 is 19.9 Å². The Kier molecular flexibility index (Phi) is 3.68. The normalized spacial score (nSPS) is 12.2. The van der Waals surface area contributed by atoms with E-state index >= 15 is 0 Å². The highest BCUT2D eigenvalue weighted by Gasteiger charge is 2.20. The molecule has 0 aliphatic heterocycles.